The smallest absolute Gasteiger partial charge is 0.337 e. The summed E-state index contributed by atoms with van der Waals surface area (Å²) < 4.78 is 4.60. The molecule has 1 fully saturated rings. The molecular weight excluding hydrogens is 220 g/mol. The fourth-order valence-corrected chi connectivity index (χ4v) is 1.88. The van der Waals surface area contributed by atoms with Gasteiger partial charge >= 0.3 is 5.97 Å². The van der Waals surface area contributed by atoms with Gasteiger partial charge in [-0.2, -0.15) is 0 Å². The van der Waals surface area contributed by atoms with Crippen LogP contribution in [0.1, 0.15) is 16.8 Å². The second-order valence-corrected chi connectivity index (χ2v) is 4.01. The minimum Gasteiger partial charge on any atom is -0.465 e. The van der Waals surface area contributed by atoms with Crippen molar-refractivity contribution in [3.63, 3.8) is 0 Å². The quantitative estimate of drug-likeness (QED) is 0.758. The van der Waals surface area contributed by atoms with Crippen molar-refractivity contribution in [2.24, 2.45) is 5.73 Å². The van der Waals surface area contributed by atoms with Crippen LogP contribution in [-0.4, -0.2) is 31.6 Å². The summed E-state index contributed by atoms with van der Waals surface area (Å²) in [5, 5.41) is 0. The van der Waals surface area contributed by atoms with E-state index in [1.54, 1.807) is 29.2 Å². The van der Waals surface area contributed by atoms with Gasteiger partial charge in [0, 0.05) is 24.7 Å². The van der Waals surface area contributed by atoms with Crippen LogP contribution in [0, 0.1) is 0 Å². The van der Waals surface area contributed by atoms with Gasteiger partial charge in [0.1, 0.15) is 0 Å². The van der Waals surface area contributed by atoms with Crippen LogP contribution in [0.3, 0.4) is 0 Å². The number of methoxy groups -OCH3 is 1. The van der Waals surface area contributed by atoms with Gasteiger partial charge in [-0.15, -0.1) is 0 Å². The van der Waals surface area contributed by atoms with Gasteiger partial charge in [-0.1, -0.05) is 0 Å². The number of anilines is 1. The monoisotopic (exact) mass is 234 g/mol. The first-order valence-corrected chi connectivity index (χ1v) is 5.36. The molecule has 0 radical (unpaired) electrons. The number of rotatable bonds is 2. The number of ether oxygens (including phenoxy) is 1. The van der Waals surface area contributed by atoms with Gasteiger partial charge in [-0.05, 0) is 24.3 Å². The highest BCUT2D eigenvalue weighted by Gasteiger charge is 2.27. The zero-order valence-electron chi connectivity index (χ0n) is 9.55. The molecule has 0 aromatic heterocycles. The third-order valence-corrected chi connectivity index (χ3v) is 2.76. The first-order valence-electron chi connectivity index (χ1n) is 5.36. The predicted octanol–water partition coefficient (Wildman–Crippen LogP) is 0.537. The Morgan fingerprint density at radius 2 is 2.06 bits per heavy atom. The van der Waals surface area contributed by atoms with Crippen molar-refractivity contribution in [2.45, 2.75) is 12.5 Å². The van der Waals surface area contributed by atoms with Gasteiger partial charge in [-0.3, -0.25) is 4.79 Å². The molecule has 1 unspecified atom stereocenters. The molecule has 1 aromatic carbocycles. The maximum Gasteiger partial charge on any atom is 0.337 e. The van der Waals surface area contributed by atoms with Gasteiger partial charge in [0.25, 0.3) is 0 Å². The average Bonchev–Trinajstić information content (AvgIpc) is 2.68. The summed E-state index contributed by atoms with van der Waals surface area (Å²) in [5.41, 5.74) is 6.94. The molecule has 0 bridgehead atoms. The molecule has 1 aliphatic heterocycles. The normalized spacial score (nSPS) is 19.5. The second-order valence-electron chi connectivity index (χ2n) is 4.01. The molecule has 0 saturated carbocycles. The molecule has 0 aliphatic carbocycles. The number of benzene rings is 1. The summed E-state index contributed by atoms with van der Waals surface area (Å²) in [5.74, 6) is -0.371. The second kappa shape index (κ2) is 4.55. The van der Waals surface area contributed by atoms with Crippen molar-refractivity contribution >= 4 is 17.6 Å². The summed E-state index contributed by atoms with van der Waals surface area (Å²) in [7, 11) is 1.33. The zero-order valence-corrected chi connectivity index (χ0v) is 9.55. The molecule has 2 N–H and O–H groups in total. The van der Waals surface area contributed by atoms with E-state index in [0.717, 1.165) is 5.69 Å². The van der Waals surface area contributed by atoms with Crippen molar-refractivity contribution in [3.8, 4) is 0 Å². The van der Waals surface area contributed by atoms with Crippen LogP contribution in [0.5, 0.6) is 0 Å². The molecule has 17 heavy (non-hydrogen) atoms. The van der Waals surface area contributed by atoms with Crippen LogP contribution in [0.25, 0.3) is 0 Å². The van der Waals surface area contributed by atoms with Crippen molar-refractivity contribution in [1.29, 1.82) is 0 Å². The molecule has 1 aliphatic rings. The molecule has 1 saturated heterocycles. The van der Waals surface area contributed by atoms with Crippen molar-refractivity contribution < 1.29 is 14.3 Å². The van der Waals surface area contributed by atoms with Gasteiger partial charge in [-0.25, -0.2) is 4.79 Å². The molecular formula is C12H14N2O3. The van der Waals surface area contributed by atoms with E-state index in [0.29, 0.717) is 18.5 Å². The molecule has 1 amide bonds. The van der Waals surface area contributed by atoms with Gasteiger partial charge in [0.15, 0.2) is 0 Å². The number of hydrogen-bond donors (Lipinski definition) is 1. The lowest BCUT2D eigenvalue weighted by Gasteiger charge is -2.16. The van der Waals surface area contributed by atoms with Crippen molar-refractivity contribution in [3.05, 3.63) is 29.8 Å². The van der Waals surface area contributed by atoms with Crippen LogP contribution >= 0.6 is 0 Å². The average molecular weight is 234 g/mol. The molecule has 1 aromatic rings. The number of carbonyl (C=O) groups is 2. The highest BCUT2D eigenvalue weighted by atomic mass is 16.5. The van der Waals surface area contributed by atoms with E-state index in [-0.39, 0.29) is 17.9 Å². The molecule has 90 valence electrons. The largest absolute Gasteiger partial charge is 0.465 e. The number of amides is 1. The zero-order chi connectivity index (χ0) is 12.4. The Morgan fingerprint density at radius 1 is 1.41 bits per heavy atom. The Hall–Kier alpha value is -1.88. The Kier molecular flexibility index (Phi) is 3.10. The third kappa shape index (κ3) is 2.29. The van der Waals surface area contributed by atoms with Crippen LogP contribution < -0.4 is 10.6 Å². The number of esters is 1. The first-order chi connectivity index (χ1) is 8.11. The topological polar surface area (TPSA) is 72.6 Å². The van der Waals surface area contributed by atoms with E-state index in [9.17, 15) is 9.59 Å². The molecule has 1 atom stereocenters. The van der Waals surface area contributed by atoms with Crippen LogP contribution in [0.2, 0.25) is 0 Å². The highest BCUT2D eigenvalue weighted by Crippen LogP contribution is 2.21. The standard InChI is InChI=1S/C12H14N2O3/c1-17-12(16)8-2-4-10(5-3-8)14-7-9(13)6-11(14)15/h2-5,9H,6-7,13H2,1H3. The molecule has 2 rings (SSSR count). The lowest BCUT2D eigenvalue weighted by atomic mass is 10.2. The number of nitrogens with zero attached hydrogens (tertiary/aromatic N) is 1. The van der Waals surface area contributed by atoms with E-state index in [4.69, 9.17) is 5.73 Å². The lowest BCUT2D eigenvalue weighted by molar-refractivity contribution is -0.117. The van der Waals surface area contributed by atoms with E-state index >= 15 is 0 Å². The van der Waals surface area contributed by atoms with Crippen molar-refractivity contribution in [1.82, 2.24) is 0 Å². The van der Waals surface area contributed by atoms with E-state index in [2.05, 4.69) is 4.74 Å². The minimum atomic E-state index is -0.388. The summed E-state index contributed by atoms with van der Waals surface area (Å²) in [6.07, 6.45) is 0.374. The van der Waals surface area contributed by atoms with Gasteiger partial charge < -0.3 is 15.4 Å². The third-order valence-electron chi connectivity index (χ3n) is 2.76. The summed E-state index contributed by atoms with van der Waals surface area (Å²) in [6.45, 7) is 0.524. The summed E-state index contributed by atoms with van der Waals surface area (Å²) >= 11 is 0. The van der Waals surface area contributed by atoms with E-state index < -0.39 is 0 Å². The Morgan fingerprint density at radius 3 is 2.53 bits per heavy atom. The molecule has 1 heterocycles. The van der Waals surface area contributed by atoms with E-state index in [1.807, 2.05) is 0 Å². The lowest BCUT2D eigenvalue weighted by Crippen LogP contribution is -2.27. The number of carbonyl (C=O) groups excluding carboxylic acids is 2. The molecule has 5 heteroatoms. The Bertz CT molecular complexity index is 442. The van der Waals surface area contributed by atoms with Crippen LogP contribution in [-0.2, 0) is 9.53 Å². The molecule has 0 spiro atoms. The fourth-order valence-electron chi connectivity index (χ4n) is 1.88. The SMILES string of the molecule is COC(=O)c1ccc(N2CC(N)CC2=O)cc1. The molecule has 5 nitrogen and oxygen atoms in total. The number of nitrogens with two attached hydrogens (primary N) is 1. The first kappa shape index (κ1) is 11.6. The van der Waals surface area contributed by atoms with E-state index in [1.165, 1.54) is 7.11 Å². The number of hydrogen-bond acceptors (Lipinski definition) is 4. The van der Waals surface area contributed by atoms with Gasteiger partial charge in [0.2, 0.25) is 5.91 Å². The Labute approximate surface area is 99.2 Å². The fraction of sp³-hybridized carbons (Fsp3) is 0.333. The predicted molar refractivity (Wildman–Crippen MR) is 62.7 cm³/mol. The summed E-state index contributed by atoms with van der Waals surface area (Å²) in [6, 6.07) is 6.61. The summed E-state index contributed by atoms with van der Waals surface area (Å²) in [4.78, 5) is 24.5. The minimum absolute atomic E-state index is 0.0170. The van der Waals surface area contributed by atoms with Crippen molar-refractivity contribution in [2.75, 3.05) is 18.6 Å². The van der Waals surface area contributed by atoms with Gasteiger partial charge in [0.05, 0.1) is 12.7 Å². The highest BCUT2D eigenvalue weighted by molar-refractivity contribution is 5.97. The maximum atomic E-state index is 11.6. The Balaban J connectivity index is 2.18. The van der Waals surface area contributed by atoms with Crippen LogP contribution in [0.4, 0.5) is 5.69 Å². The maximum absolute atomic E-state index is 11.6. The van der Waals surface area contributed by atoms with Crippen LogP contribution in [0.15, 0.2) is 24.3 Å².